The zero-order chi connectivity index (χ0) is 17.6. The summed E-state index contributed by atoms with van der Waals surface area (Å²) in [5.41, 5.74) is 2.52. The minimum Gasteiger partial charge on any atom is -0.497 e. The van der Waals surface area contributed by atoms with Gasteiger partial charge in [-0.05, 0) is 54.4 Å². The second-order valence-electron chi connectivity index (χ2n) is 7.99. The van der Waals surface area contributed by atoms with Crippen LogP contribution in [-0.4, -0.2) is 30.4 Å². The lowest BCUT2D eigenvalue weighted by atomic mass is 9.49. The number of piperidine rings is 1. The molecule has 1 aromatic carbocycles. The maximum absolute atomic E-state index is 12.7. The van der Waals surface area contributed by atoms with Crippen LogP contribution in [0.25, 0.3) is 0 Å². The summed E-state index contributed by atoms with van der Waals surface area (Å²) in [4.78, 5) is 14.7. The van der Waals surface area contributed by atoms with Crippen molar-refractivity contribution in [1.29, 1.82) is 5.26 Å². The van der Waals surface area contributed by atoms with E-state index in [4.69, 9.17) is 4.74 Å². The van der Waals surface area contributed by atoms with Gasteiger partial charge in [0.15, 0.2) is 6.19 Å². The molecule has 1 aromatic rings. The average molecular weight is 338 g/mol. The third kappa shape index (κ3) is 2.36. The number of carbonyl (C=O) groups is 1. The lowest BCUT2D eigenvalue weighted by Crippen LogP contribution is -2.63. The fourth-order valence-corrected chi connectivity index (χ4v) is 6.00. The predicted molar refractivity (Wildman–Crippen MR) is 95.2 cm³/mol. The van der Waals surface area contributed by atoms with Crippen molar-refractivity contribution in [3.63, 3.8) is 0 Å². The summed E-state index contributed by atoms with van der Waals surface area (Å²) in [5.74, 6) is 2.07. The second-order valence-corrected chi connectivity index (χ2v) is 7.99. The summed E-state index contributed by atoms with van der Waals surface area (Å²) in [6.07, 6.45) is 7.74. The van der Waals surface area contributed by atoms with Crippen LogP contribution >= 0.6 is 0 Å². The fourth-order valence-electron chi connectivity index (χ4n) is 6.00. The summed E-state index contributed by atoms with van der Waals surface area (Å²) in [6, 6.07) is 6.57. The first kappa shape index (κ1) is 16.4. The van der Waals surface area contributed by atoms with E-state index in [9.17, 15) is 10.1 Å². The van der Waals surface area contributed by atoms with Crippen molar-refractivity contribution < 1.29 is 9.53 Å². The number of rotatable bonds is 3. The first-order valence-corrected chi connectivity index (χ1v) is 9.48. The number of hydrogen-bond acceptors (Lipinski definition) is 4. The molecule has 4 rings (SSSR count). The highest BCUT2D eigenvalue weighted by molar-refractivity contribution is 5.82. The van der Waals surface area contributed by atoms with Gasteiger partial charge in [0.25, 0.3) is 0 Å². The number of hydrogen-bond donors (Lipinski definition) is 0. The van der Waals surface area contributed by atoms with E-state index in [0.29, 0.717) is 30.5 Å². The molecule has 2 fully saturated rings. The molecule has 1 heterocycles. The third-order valence-corrected chi connectivity index (χ3v) is 6.83. The van der Waals surface area contributed by atoms with Crippen molar-refractivity contribution in [3.05, 3.63) is 29.3 Å². The SMILES string of the molecule is CCC[C@H]1CC(=O)C[C@]23CCN(C#N)[C@H](Cc4ccc(OC)cc42)[C@H]13. The van der Waals surface area contributed by atoms with E-state index >= 15 is 0 Å². The Morgan fingerprint density at radius 3 is 2.96 bits per heavy atom. The van der Waals surface area contributed by atoms with Crippen LogP contribution in [0.5, 0.6) is 5.75 Å². The highest BCUT2D eigenvalue weighted by Crippen LogP contribution is 2.57. The van der Waals surface area contributed by atoms with Gasteiger partial charge < -0.3 is 9.64 Å². The maximum atomic E-state index is 12.7. The smallest absolute Gasteiger partial charge is 0.179 e. The van der Waals surface area contributed by atoms with E-state index in [1.807, 2.05) is 11.0 Å². The molecule has 4 heteroatoms. The number of Topliss-reactive ketones (excluding diaryl/α,β-unsaturated/α-hetero) is 1. The number of fused-ring (bicyclic) bond motifs is 1. The molecule has 2 aliphatic carbocycles. The van der Waals surface area contributed by atoms with Crippen molar-refractivity contribution in [1.82, 2.24) is 4.90 Å². The Hall–Kier alpha value is -2.02. The van der Waals surface area contributed by atoms with Crippen molar-refractivity contribution in [3.8, 4) is 11.9 Å². The number of methoxy groups -OCH3 is 1. The van der Waals surface area contributed by atoms with Crippen LogP contribution in [0.3, 0.4) is 0 Å². The molecule has 2 bridgehead atoms. The van der Waals surface area contributed by atoms with Gasteiger partial charge in [-0.3, -0.25) is 4.79 Å². The molecule has 4 nitrogen and oxygen atoms in total. The molecule has 0 unspecified atom stereocenters. The molecule has 0 spiro atoms. The van der Waals surface area contributed by atoms with Crippen LogP contribution in [0.2, 0.25) is 0 Å². The molecule has 0 radical (unpaired) electrons. The molecule has 132 valence electrons. The zero-order valence-corrected chi connectivity index (χ0v) is 15.1. The van der Waals surface area contributed by atoms with Crippen LogP contribution in [-0.2, 0) is 16.6 Å². The Morgan fingerprint density at radius 2 is 2.24 bits per heavy atom. The van der Waals surface area contributed by atoms with Gasteiger partial charge in [-0.15, -0.1) is 0 Å². The van der Waals surface area contributed by atoms with E-state index in [-0.39, 0.29) is 11.5 Å². The Bertz CT molecular complexity index is 738. The van der Waals surface area contributed by atoms with Gasteiger partial charge in [-0.25, -0.2) is 0 Å². The van der Waals surface area contributed by atoms with Crippen molar-refractivity contribution in [2.75, 3.05) is 13.7 Å². The summed E-state index contributed by atoms with van der Waals surface area (Å²) >= 11 is 0. The van der Waals surface area contributed by atoms with Gasteiger partial charge >= 0.3 is 0 Å². The Balaban J connectivity index is 1.89. The Kier molecular flexibility index (Phi) is 3.98. The number of carbonyl (C=O) groups excluding carboxylic acids is 1. The topological polar surface area (TPSA) is 53.3 Å². The third-order valence-electron chi connectivity index (χ3n) is 6.83. The number of ether oxygens (including phenoxy) is 1. The van der Waals surface area contributed by atoms with Crippen LogP contribution in [0.15, 0.2) is 18.2 Å². The summed E-state index contributed by atoms with van der Waals surface area (Å²) < 4.78 is 5.49. The first-order chi connectivity index (χ1) is 12.1. The van der Waals surface area contributed by atoms with Gasteiger partial charge in [0.1, 0.15) is 11.5 Å². The lowest BCUT2D eigenvalue weighted by Gasteiger charge is -2.59. The number of benzene rings is 1. The summed E-state index contributed by atoms with van der Waals surface area (Å²) in [7, 11) is 1.70. The maximum Gasteiger partial charge on any atom is 0.179 e. The Labute approximate surface area is 149 Å². The van der Waals surface area contributed by atoms with Crippen LogP contribution in [0.4, 0.5) is 0 Å². The van der Waals surface area contributed by atoms with Crippen LogP contribution in [0, 0.1) is 23.3 Å². The van der Waals surface area contributed by atoms with Gasteiger partial charge in [-0.2, -0.15) is 5.26 Å². The summed E-state index contributed by atoms with van der Waals surface area (Å²) in [6.45, 7) is 2.96. The van der Waals surface area contributed by atoms with Crippen LogP contribution < -0.4 is 4.74 Å². The fraction of sp³-hybridized carbons (Fsp3) is 0.619. The van der Waals surface area contributed by atoms with Crippen molar-refractivity contribution in [2.45, 2.75) is 56.9 Å². The quantitative estimate of drug-likeness (QED) is 0.792. The number of nitrogens with zero attached hydrogens (tertiary/aromatic N) is 2. The van der Waals surface area contributed by atoms with E-state index in [1.165, 1.54) is 11.1 Å². The second kappa shape index (κ2) is 6.05. The van der Waals surface area contributed by atoms with E-state index < -0.39 is 0 Å². The molecule has 1 saturated carbocycles. The molecule has 0 N–H and O–H groups in total. The molecule has 0 amide bonds. The molecular formula is C21H26N2O2. The standard InChI is InChI=1S/C21H26N2O2/c1-3-4-15-9-16(24)12-21-7-8-23(13-22)19(20(15)21)10-14-5-6-17(25-2)11-18(14)21/h5-6,11,15,19-20H,3-4,7-10,12H2,1-2H3/t15-,19+,20-,21+/m0/s1. The summed E-state index contributed by atoms with van der Waals surface area (Å²) in [5, 5.41) is 9.68. The predicted octanol–water partition coefficient (Wildman–Crippen LogP) is 3.44. The number of nitriles is 1. The number of ketones is 1. The molecule has 1 saturated heterocycles. The van der Waals surface area contributed by atoms with Gasteiger partial charge in [0.2, 0.25) is 0 Å². The van der Waals surface area contributed by atoms with E-state index in [2.05, 4.69) is 25.2 Å². The first-order valence-electron chi connectivity index (χ1n) is 9.48. The minimum atomic E-state index is -0.102. The molecule has 3 aliphatic rings. The van der Waals surface area contributed by atoms with Crippen molar-refractivity contribution >= 4 is 5.78 Å². The zero-order valence-electron chi connectivity index (χ0n) is 15.1. The van der Waals surface area contributed by atoms with Crippen LogP contribution in [0.1, 0.15) is 50.2 Å². The van der Waals surface area contributed by atoms with Gasteiger partial charge in [-0.1, -0.05) is 19.4 Å². The normalized spacial score (nSPS) is 33.2. The molecular weight excluding hydrogens is 312 g/mol. The molecule has 1 aliphatic heterocycles. The highest BCUT2D eigenvalue weighted by Gasteiger charge is 2.58. The van der Waals surface area contributed by atoms with Crippen molar-refractivity contribution in [2.24, 2.45) is 11.8 Å². The highest BCUT2D eigenvalue weighted by atomic mass is 16.5. The largest absolute Gasteiger partial charge is 0.497 e. The molecule has 25 heavy (non-hydrogen) atoms. The molecule has 0 aromatic heterocycles. The average Bonchev–Trinajstić information content (AvgIpc) is 2.61. The minimum absolute atomic E-state index is 0.102. The number of likely N-dealkylation sites (tertiary alicyclic amines) is 1. The van der Waals surface area contributed by atoms with Gasteiger partial charge in [0, 0.05) is 30.8 Å². The van der Waals surface area contributed by atoms with E-state index in [1.54, 1.807) is 7.11 Å². The van der Waals surface area contributed by atoms with Gasteiger partial charge in [0.05, 0.1) is 7.11 Å². The monoisotopic (exact) mass is 338 g/mol. The molecule has 4 atom stereocenters. The lowest BCUT2D eigenvalue weighted by molar-refractivity contribution is -0.130. The Morgan fingerprint density at radius 1 is 1.40 bits per heavy atom. The van der Waals surface area contributed by atoms with E-state index in [0.717, 1.165) is 38.0 Å².